The topological polar surface area (TPSA) is 80.3 Å². The van der Waals surface area contributed by atoms with Gasteiger partial charge in [-0.3, -0.25) is 14.6 Å². The van der Waals surface area contributed by atoms with Crippen LogP contribution in [0, 0.1) is 6.92 Å². The Balaban J connectivity index is 2.06. The predicted molar refractivity (Wildman–Crippen MR) is 87.6 cm³/mol. The number of rotatable bonds is 6. The first-order chi connectivity index (χ1) is 11.1. The standard InChI is InChI=1S/C17H19N3O3/c1-12-4-3-5-15(8-12)20-17(22)14-9-13(10-18-11-14)16(21)19-6-7-23-2/h3-5,8-11H,6-7H2,1-2H3,(H,19,21)(H,20,22). The summed E-state index contributed by atoms with van der Waals surface area (Å²) in [5, 5.41) is 5.47. The van der Waals surface area contributed by atoms with Gasteiger partial charge in [-0.05, 0) is 30.7 Å². The van der Waals surface area contributed by atoms with Crippen LogP contribution in [0.4, 0.5) is 5.69 Å². The van der Waals surface area contributed by atoms with E-state index < -0.39 is 0 Å². The van der Waals surface area contributed by atoms with Gasteiger partial charge in [-0.25, -0.2) is 0 Å². The second kappa shape index (κ2) is 8.05. The van der Waals surface area contributed by atoms with Gasteiger partial charge in [0.05, 0.1) is 17.7 Å². The third kappa shape index (κ3) is 4.89. The van der Waals surface area contributed by atoms with Gasteiger partial charge in [0.2, 0.25) is 0 Å². The number of methoxy groups -OCH3 is 1. The van der Waals surface area contributed by atoms with E-state index >= 15 is 0 Å². The van der Waals surface area contributed by atoms with E-state index in [1.807, 2.05) is 25.1 Å². The highest BCUT2D eigenvalue weighted by molar-refractivity contribution is 6.05. The summed E-state index contributed by atoms with van der Waals surface area (Å²) >= 11 is 0. The number of pyridine rings is 1. The highest BCUT2D eigenvalue weighted by atomic mass is 16.5. The molecule has 0 unspecified atom stereocenters. The first-order valence-corrected chi connectivity index (χ1v) is 7.20. The minimum Gasteiger partial charge on any atom is -0.383 e. The summed E-state index contributed by atoms with van der Waals surface area (Å²) in [5.74, 6) is -0.602. The summed E-state index contributed by atoms with van der Waals surface area (Å²) in [6.07, 6.45) is 2.85. The maximum atomic E-state index is 12.3. The van der Waals surface area contributed by atoms with Crippen molar-refractivity contribution in [3.63, 3.8) is 0 Å². The van der Waals surface area contributed by atoms with E-state index in [1.165, 1.54) is 18.5 Å². The maximum absolute atomic E-state index is 12.3. The molecule has 0 bridgehead atoms. The lowest BCUT2D eigenvalue weighted by molar-refractivity contribution is 0.0936. The zero-order valence-electron chi connectivity index (χ0n) is 13.1. The fourth-order valence-corrected chi connectivity index (χ4v) is 1.98. The molecule has 23 heavy (non-hydrogen) atoms. The van der Waals surface area contributed by atoms with E-state index in [-0.39, 0.29) is 11.8 Å². The number of aryl methyl sites for hydroxylation is 1. The van der Waals surface area contributed by atoms with Crippen molar-refractivity contribution in [2.24, 2.45) is 0 Å². The van der Waals surface area contributed by atoms with Crippen LogP contribution in [0.25, 0.3) is 0 Å². The van der Waals surface area contributed by atoms with Gasteiger partial charge in [-0.15, -0.1) is 0 Å². The van der Waals surface area contributed by atoms with Gasteiger partial charge in [0, 0.05) is 31.7 Å². The van der Waals surface area contributed by atoms with Crippen LogP contribution in [0.1, 0.15) is 26.3 Å². The Bertz CT molecular complexity index is 701. The quantitative estimate of drug-likeness (QED) is 0.800. The molecule has 2 aromatic rings. The fourth-order valence-electron chi connectivity index (χ4n) is 1.98. The average molecular weight is 313 g/mol. The molecule has 0 aliphatic rings. The summed E-state index contributed by atoms with van der Waals surface area (Å²) in [7, 11) is 1.56. The molecule has 0 aliphatic heterocycles. The van der Waals surface area contributed by atoms with Gasteiger partial charge >= 0.3 is 0 Å². The Kier molecular flexibility index (Phi) is 5.82. The van der Waals surface area contributed by atoms with Crippen molar-refractivity contribution in [3.8, 4) is 0 Å². The van der Waals surface area contributed by atoms with Crippen LogP contribution >= 0.6 is 0 Å². The number of aromatic nitrogens is 1. The monoisotopic (exact) mass is 313 g/mol. The molecule has 1 aromatic carbocycles. The minimum atomic E-state index is -0.311. The highest BCUT2D eigenvalue weighted by Gasteiger charge is 2.11. The summed E-state index contributed by atoms with van der Waals surface area (Å²) in [5.41, 5.74) is 2.40. The lowest BCUT2D eigenvalue weighted by atomic mass is 10.1. The second-order valence-corrected chi connectivity index (χ2v) is 5.03. The van der Waals surface area contributed by atoms with E-state index in [9.17, 15) is 9.59 Å². The van der Waals surface area contributed by atoms with Crippen LogP contribution in [0.15, 0.2) is 42.7 Å². The van der Waals surface area contributed by atoms with Crippen molar-refractivity contribution >= 4 is 17.5 Å². The molecule has 0 radical (unpaired) electrons. The second-order valence-electron chi connectivity index (χ2n) is 5.03. The molecule has 120 valence electrons. The number of amides is 2. The molecule has 6 nitrogen and oxygen atoms in total. The molecular weight excluding hydrogens is 294 g/mol. The molecule has 2 amide bonds. The van der Waals surface area contributed by atoms with Crippen molar-refractivity contribution in [1.29, 1.82) is 0 Å². The average Bonchev–Trinajstić information content (AvgIpc) is 2.55. The molecule has 1 aromatic heterocycles. The van der Waals surface area contributed by atoms with Crippen molar-refractivity contribution in [3.05, 3.63) is 59.4 Å². The zero-order chi connectivity index (χ0) is 16.7. The summed E-state index contributed by atoms with van der Waals surface area (Å²) < 4.78 is 4.87. The van der Waals surface area contributed by atoms with Crippen LogP contribution in [0.3, 0.4) is 0 Å². The van der Waals surface area contributed by atoms with Crippen LogP contribution in [-0.2, 0) is 4.74 Å². The lowest BCUT2D eigenvalue weighted by Crippen LogP contribution is -2.27. The molecule has 0 aliphatic carbocycles. The summed E-state index contributed by atoms with van der Waals surface area (Å²) in [6, 6.07) is 9.00. The molecule has 0 saturated carbocycles. The van der Waals surface area contributed by atoms with Gasteiger partial charge in [-0.1, -0.05) is 12.1 Å². The van der Waals surface area contributed by atoms with Crippen LogP contribution in [0.2, 0.25) is 0 Å². The van der Waals surface area contributed by atoms with Gasteiger partial charge in [0.25, 0.3) is 11.8 Å². The molecule has 6 heteroatoms. The molecule has 0 atom stereocenters. The summed E-state index contributed by atoms with van der Waals surface area (Å²) in [4.78, 5) is 28.2. The third-order valence-electron chi connectivity index (χ3n) is 3.13. The maximum Gasteiger partial charge on any atom is 0.257 e. The lowest BCUT2D eigenvalue weighted by Gasteiger charge is -2.08. The van der Waals surface area contributed by atoms with E-state index in [0.717, 1.165) is 5.56 Å². The van der Waals surface area contributed by atoms with E-state index in [0.29, 0.717) is 30.0 Å². The number of nitrogens with zero attached hydrogens (tertiary/aromatic N) is 1. The Morgan fingerprint density at radius 3 is 2.57 bits per heavy atom. The Morgan fingerprint density at radius 2 is 1.87 bits per heavy atom. The number of anilines is 1. The van der Waals surface area contributed by atoms with Gasteiger partial charge in [0.1, 0.15) is 0 Å². The van der Waals surface area contributed by atoms with E-state index in [2.05, 4.69) is 15.6 Å². The fraction of sp³-hybridized carbons (Fsp3) is 0.235. The Morgan fingerprint density at radius 1 is 1.13 bits per heavy atom. The molecule has 0 saturated heterocycles. The SMILES string of the molecule is COCCNC(=O)c1cncc(C(=O)Nc2cccc(C)c2)c1. The molecule has 1 heterocycles. The molecule has 0 spiro atoms. The van der Waals surface area contributed by atoms with E-state index in [4.69, 9.17) is 4.74 Å². The van der Waals surface area contributed by atoms with Crippen molar-refractivity contribution in [1.82, 2.24) is 10.3 Å². The number of ether oxygens (including phenoxy) is 1. The summed E-state index contributed by atoms with van der Waals surface area (Å²) in [6.45, 7) is 2.77. The van der Waals surface area contributed by atoms with Gasteiger partial charge in [0.15, 0.2) is 0 Å². The Labute approximate surface area is 134 Å². The Hall–Kier alpha value is -2.73. The molecule has 2 rings (SSSR count). The zero-order valence-corrected chi connectivity index (χ0v) is 13.1. The third-order valence-corrected chi connectivity index (χ3v) is 3.13. The number of benzene rings is 1. The first-order valence-electron chi connectivity index (χ1n) is 7.20. The van der Waals surface area contributed by atoms with Crippen LogP contribution in [0.5, 0.6) is 0 Å². The predicted octanol–water partition coefficient (Wildman–Crippen LogP) is 2.02. The molecule has 0 fully saturated rings. The minimum absolute atomic E-state index is 0.292. The smallest absolute Gasteiger partial charge is 0.257 e. The van der Waals surface area contributed by atoms with Gasteiger partial charge in [-0.2, -0.15) is 0 Å². The van der Waals surface area contributed by atoms with Crippen molar-refractivity contribution in [2.75, 3.05) is 25.6 Å². The highest BCUT2D eigenvalue weighted by Crippen LogP contribution is 2.12. The van der Waals surface area contributed by atoms with Crippen LogP contribution < -0.4 is 10.6 Å². The van der Waals surface area contributed by atoms with Crippen molar-refractivity contribution < 1.29 is 14.3 Å². The number of carbonyl (C=O) groups excluding carboxylic acids is 2. The number of nitrogens with one attached hydrogen (secondary N) is 2. The molecule has 2 N–H and O–H groups in total. The number of carbonyl (C=O) groups is 2. The normalized spacial score (nSPS) is 10.2. The largest absolute Gasteiger partial charge is 0.383 e. The molecular formula is C17H19N3O3. The number of hydrogen-bond acceptors (Lipinski definition) is 4. The van der Waals surface area contributed by atoms with E-state index in [1.54, 1.807) is 13.2 Å². The first kappa shape index (κ1) is 16.6. The van der Waals surface area contributed by atoms with Crippen molar-refractivity contribution in [2.45, 2.75) is 6.92 Å². The number of hydrogen-bond donors (Lipinski definition) is 2. The van der Waals surface area contributed by atoms with Crippen LogP contribution in [-0.4, -0.2) is 37.1 Å². The van der Waals surface area contributed by atoms with Gasteiger partial charge < -0.3 is 15.4 Å².